The van der Waals surface area contributed by atoms with Gasteiger partial charge in [0.25, 0.3) is 5.69 Å². The first-order valence-corrected chi connectivity index (χ1v) is 10.8. The molecule has 0 aliphatic heterocycles. The lowest BCUT2D eigenvalue weighted by molar-refractivity contribution is -0.384. The van der Waals surface area contributed by atoms with Crippen LogP contribution in [0.3, 0.4) is 0 Å². The van der Waals surface area contributed by atoms with Crippen LogP contribution in [-0.4, -0.2) is 34.8 Å². The molecule has 0 fully saturated rings. The van der Waals surface area contributed by atoms with Gasteiger partial charge in [-0.2, -0.15) is 10.1 Å². The highest BCUT2D eigenvalue weighted by atomic mass is 127. The lowest BCUT2D eigenvalue weighted by Gasteiger charge is -2.14. The van der Waals surface area contributed by atoms with Crippen molar-refractivity contribution in [3.05, 3.63) is 73.2 Å². The maximum absolute atomic E-state index is 13.5. The number of benzene rings is 2. The molecule has 0 spiro atoms. The second-order valence-electron chi connectivity index (χ2n) is 6.49. The Bertz CT molecular complexity index is 1160. The summed E-state index contributed by atoms with van der Waals surface area (Å²) in [6.45, 7) is 2.51. The second-order valence-corrected chi connectivity index (χ2v) is 7.65. The van der Waals surface area contributed by atoms with Crippen LogP contribution in [0.1, 0.15) is 18.1 Å². The minimum Gasteiger partial charge on any atom is -0.490 e. The zero-order chi connectivity index (χ0) is 23.8. The van der Waals surface area contributed by atoms with Crippen LogP contribution in [0.5, 0.6) is 11.5 Å². The Labute approximate surface area is 202 Å². The van der Waals surface area contributed by atoms with Crippen LogP contribution in [0.25, 0.3) is 0 Å². The van der Waals surface area contributed by atoms with Gasteiger partial charge in [0.2, 0.25) is 5.95 Å². The number of nitrogens with one attached hydrogen (secondary N) is 2. The molecule has 0 radical (unpaired) electrons. The molecule has 0 aliphatic carbocycles. The van der Waals surface area contributed by atoms with Gasteiger partial charge in [-0.25, -0.2) is 14.8 Å². The van der Waals surface area contributed by atoms with Gasteiger partial charge in [-0.05, 0) is 64.9 Å². The number of nitrogens with zero attached hydrogens (tertiary/aromatic N) is 4. The van der Waals surface area contributed by atoms with Crippen molar-refractivity contribution in [3.8, 4) is 11.5 Å². The number of nitro benzene ring substituents is 1. The average molecular weight is 566 g/mol. The predicted molar refractivity (Wildman–Crippen MR) is 131 cm³/mol. The van der Waals surface area contributed by atoms with E-state index in [9.17, 15) is 14.5 Å². The van der Waals surface area contributed by atoms with Gasteiger partial charge in [0.15, 0.2) is 23.1 Å². The fraction of sp³-hybridized carbons (Fsp3) is 0.190. The Kier molecular flexibility index (Phi) is 8.29. The summed E-state index contributed by atoms with van der Waals surface area (Å²) in [6, 6.07) is 9.79. The van der Waals surface area contributed by atoms with Crippen LogP contribution in [0.2, 0.25) is 0 Å². The van der Waals surface area contributed by atoms with E-state index in [2.05, 4.69) is 48.4 Å². The molecule has 33 heavy (non-hydrogen) atoms. The van der Waals surface area contributed by atoms with Crippen LogP contribution < -0.4 is 20.2 Å². The van der Waals surface area contributed by atoms with Crippen molar-refractivity contribution in [1.82, 2.24) is 9.97 Å². The standard InChI is InChI=1S/C21H20FIN6O4/c1-3-32-18-9-14(10-26-28-21-25-11-16(22)20(24-2)27-21)8-17(23)19(18)33-12-13-4-6-15(7-5-13)29(30)31/h4-11H,3,12H2,1-2H3,(H2,24,25,27,28). The molecule has 10 nitrogen and oxygen atoms in total. The zero-order valence-corrected chi connectivity index (χ0v) is 19.9. The number of anilines is 2. The molecule has 0 aliphatic rings. The van der Waals surface area contributed by atoms with Crippen molar-refractivity contribution in [2.24, 2.45) is 5.10 Å². The van der Waals surface area contributed by atoms with Crippen LogP contribution in [0.4, 0.5) is 21.8 Å². The first kappa shape index (κ1) is 24.1. The van der Waals surface area contributed by atoms with Crippen molar-refractivity contribution in [2.75, 3.05) is 24.4 Å². The van der Waals surface area contributed by atoms with Crippen molar-refractivity contribution >= 4 is 46.3 Å². The predicted octanol–water partition coefficient (Wildman–Crippen LogP) is 4.59. The molecule has 172 valence electrons. The summed E-state index contributed by atoms with van der Waals surface area (Å²) in [4.78, 5) is 18.1. The molecule has 0 amide bonds. The summed E-state index contributed by atoms with van der Waals surface area (Å²) in [5, 5.41) is 17.5. The summed E-state index contributed by atoms with van der Waals surface area (Å²) < 4.78 is 25.9. The average Bonchev–Trinajstić information content (AvgIpc) is 2.80. The molecule has 0 unspecified atom stereocenters. The number of hydrogen-bond donors (Lipinski definition) is 2. The highest BCUT2D eigenvalue weighted by Gasteiger charge is 2.13. The summed E-state index contributed by atoms with van der Waals surface area (Å²) in [5.74, 6) is 0.724. The minimum atomic E-state index is -0.563. The Hall–Kier alpha value is -3.55. The van der Waals surface area contributed by atoms with E-state index in [1.54, 1.807) is 31.5 Å². The maximum atomic E-state index is 13.5. The number of halogens is 2. The van der Waals surface area contributed by atoms with Gasteiger partial charge in [0.05, 0.1) is 27.5 Å². The molecule has 0 saturated heterocycles. The Morgan fingerprint density at radius 2 is 2.03 bits per heavy atom. The summed E-state index contributed by atoms with van der Waals surface area (Å²) in [5.41, 5.74) is 4.20. The number of hydrazone groups is 1. The van der Waals surface area contributed by atoms with Crippen LogP contribution in [-0.2, 0) is 6.61 Å². The van der Waals surface area contributed by atoms with Gasteiger partial charge in [0, 0.05) is 19.2 Å². The van der Waals surface area contributed by atoms with Crippen LogP contribution in [0.15, 0.2) is 47.7 Å². The molecule has 0 atom stereocenters. The van der Waals surface area contributed by atoms with E-state index < -0.39 is 10.7 Å². The summed E-state index contributed by atoms with van der Waals surface area (Å²) in [7, 11) is 1.56. The third-order valence-electron chi connectivity index (χ3n) is 4.22. The lowest BCUT2D eigenvalue weighted by atomic mass is 10.2. The van der Waals surface area contributed by atoms with Crippen molar-refractivity contribution < 1.29 is 18.8 Å². The molecular weight excluding hydrogens is 546 g/mol. The normalized spacial score (nSPS) is 10.8. The quantitative estimate of drug-likeness (QED) is 0.158. The first-order valence-electron chi connectivity index (χ1n) is 9.73. The molecule has 2 N–H and O–H groups in total. The third kappa shape index (κ3) is 6.47. The largest absolute Gasteiger partial charge is 0.490 e. The van der Waals surface area contributed by atoms with Crippen molar-refractivity contribution in [2.45, 2.75) is 13.5 Å². The summed E-state index contributed by atoms with van der Waals surface area (Å²) in [6.07, 6.45) is 2.60. The van der Waals surface area contributed by atoms with Gasteiger partial charge in [-0.3, -0.25) is 10.1 Å². The Morgan fingerprint density at radius 1 is 1.27 bits per heavy atom. The maximum Gasteiger partial charge on any atom is 0.269 e. The molecular formula is C21H20FIN6O4. The van der Waals surface area contributed by atoms with Gasteiger partial charge >= 0.3 is 0 Å². The first-order chi connectivity index (χ1) is 15.9. The Morgan fingerprint density at radius 3 is 2.70 bits per heavy atom. The number of rotatable bonds is 10. The van der Waals surface area contributed by atoms with Crippen molar-refractivity contribution in [1.29, 1.82) is 0 Å². The topological polar surface area (TPSA) is 124 Å². The van der Waals surface area contributed by atoms with E-state index in [1.165, 1.54) is 12.1 Å². The number of non-ortho nitro benzene ring substituents is 1. The van der Waals surface area contributed by atoms with Gasteiger partial charge < -0.3 is 14.8 Å². The van der Waals surface area contributed by atoms with Crippen LogP contribution >= 0.6 is 22.6 Å². The molecule has 1 heterocycles. The van der Waals surface area contributed by atoms with E-state index in [1.807, 2.05) is 13.0 Å². The third-order valence-corrected chi connectivity index (χ3v) is 5.02. The van der Waals surface area contributed by atoms with Crippen molar-refractivity contribution in [3.63, 3.8) is 0 Å². The second kappa shape index (κ2) is 11.4. The molecule has 1 aromatic heterocycles. The number of aromatic nitrogens is 2. The Balaban J connectivity index is 1.73. The molecule has 2 aromatic carbocycles. The van der Waals surface area contributed by atoms with E-state index in [4.69, 9.17) is 9.47 Å². The van der Waals surface area contributed by atoms with Gasteiger partial charge in [-0.15, -0.1) is 0 Å². The van der Waals surface area contributed by atoms with E-state index in [0.717, 1.165) is 20.9 Å². The molecule has 3 rings (SSSR count). The highest BCUT2D eigenvalue weighted by molar-refractivity contribution is 14.1. The fourth-order valence-corrected chi connectivity index (χ4v) is 3.48. The number of nitro groups is 1. The van der Waals surface area contributed by atoms with E-state index >= 15 is 0 Å². The fourth-order valence-electron chi connectivity index (χ4n) is 2.70. The van der Waals surface area contributed by atoms with E-state index in [0.29, 0.717) is 18.1 Å². The number of ether oxygens (including phenoxy) is 2. The monoisotopic (exact) mass is 566 g/mol. The van der Waals surface area contributed by atoms with E-state index in [-0.39, 0.29) is 24.1 Å². The van der Waals surface area contributed by atoms with Gasteiger partial charge in [0.1, 0.15) is 6.61 Å². The minimum absolute atomic E-state index is 0.0220. The molecule has 0 bridgehead atoms. The zero-order valence-electron chi connectivity index (χ0n) is 17.7. The number of hydrogen-bond acceptors (Lipinski definition) is 9. The summed E-state index contributed by atoms with van der Waals surface area (Å²) >= 11 is 2.13. The smallest absolute Gasteiger partial charge is 0.269 e. The lowest BCUT2D eigenvalue weighted by Crippen LogP contribution is -2.04. The molecule has 3 aromatic rings. The molecule has 0 saturated carbocycles. The van der Waals surface area contributed by atoms with Gasteiger partial charge in [-0.1, -0.05) is 0 Å². The molecule has 12 heteroatoms. The SMILES string of the molecule is CCOc1cc(C=NNc2ncc(F)c(NC)n2)cc(I)c1OCc1ccc([N+](=O)[O-])cc1. The van der Waals surface area contributed by atoms with Crippen LogP contribution in [0, 0.1) is 19.5 Å². The highest BCUT2D eigenvalue weighted by Crippen LogP contribution is 2.34.